The van der Waals surface area contributed by atoms with Crippen molar-refractivity contribution in [2.75, 3.05) is 11.6 Å². The lowest BCUT2D eigenvalue weighted by atomic mass is 9.96. The maximum absolute atomic E-state index is 12.7. The van der Waals surface area contributed by atoms with Crippen molar-refractivity contribution in [1.29, 1.82) is 0 Å². The molecule has 1 saturated carbocycles. The maximum Gasteiger partial charge on any atom is 0.255 e. The van der Waals surface area contributed by atoms with Crippen LogP contribution in [0.3, 0.4) is 0 Å². The van der Waals surface area contributed by atoms with Gasteiger partial charge in [0.1, 0.15) is 6.04 Å². The van der Waals surface area contributed by atoms with Crippen LogP contribution in [0.15, 0.2) is 30.3 Å². The van der Waals surface area contributed by atoms with Gasteiger partial charge in [0.2, 0.25) is 5.91 Å². The van der Waals surface area contributed by atoms with Crippen LogP contribution in [0, 0.1) is 0 Å². The van der Waals surface area contributed by atoms with E-state index >= 15 is 0 Å². The van der Waals surface area contributed by atoms with Gasteiger partial charge in [0.25, 0.3) is 5.91 Å². The first-order valence-corrected chi connectivity index (χ1v) is 10.2. The fourth-order valence-corrected chi connectivity index (χ4v) is 4.66. The van der Waals surface area contributed by atoms with Crippen LogP contribution in [0.2, 0.25) is 0 Å². The predicted octanol–water partition coefficient (Wildman–Crippen LogP) is 3.43. The summed E-state index contributed by atoms with van der Waals surface area (Å²) in [6, 6.07) is 9.18. The molecule has 1 unspecified atom stereocenters. The second-order valence-corrected chi connectivity index (χ2v) is 7.71. The lowest BCUT2D eigenvalue weighted by Crippen LogP contribution is -2.50. The van der Waals surface area contributed by atoms with Crippen molar-refractivity contribution in [3.05, 3.63) is 35.9 Å². The molecule has 0 bridgehead atoms. The van der Waals surface area contributed by atoms with E-state index in [1.165, 1.54) is 32.1 Å². The molecule has 1 saturated heterocycles. The average molecular weight is 346 g/mol. The molecule has 1 aliphatic carbocycles. The quantitative estimate of drug-likeness (QED) is 0.912. The first-order chi connectivity index (χ1) is 11.8. The van der Waals surface area contributed by atoms with Gasteiger partial charge in [0.15, 0.2) is 0 Å². The summed E-state index contributed by atoms with van der Waals surface area (Å²) in [6.07, 6.45) is 8.37. The Morgan fingerprint density at radius 2 is 1.67 bits per heavy atom. The summed E-state index contributed by atoms with van der Waals surface area (Å²) >= 11 is 1.66. The molecule has 0 aromatic heterocycles. The van der Waals surface area contributed by atoms with Crippen LogP contribution in [0.25, 0.3) is 0 Å². The van der Waals surface area contributed by atoms with E-state index in [4.69, 9.17) is 0 Å². The minimum Gasteiger partial charge on any atom is -0.352 e. The highest BCUT2D eigenvalue weighted by molar-refractivity contribution is 7.99. The highest BCUT2D eigenvalue weighted by atomic mass is 32.2. The molecule has 1 aromatic carbocycles. The fourth-order valence-electron chi connectivity index (χ4n) is 3.50. The maximum atomic E-state index is 12.7. The third kappa shape index (κ3) is 4.32. The molecule has 1 aliphatic heterocycles. The second-order valence-electron chi connectivity index (χ2n) is 6.71. The average Bonchev–Trinajstić information content (AvgIpc) is 3.07. The van der Waals surface area contributed by atoms with Gasteiger partial charge in [0, 0.05) is 17.4 Å². The van der Waals surface area contributed by atoms with Gasteiger partial charge in [-0.15, -0.1) is 11.8 Å². The van der Waals surface area contributed by atoms with E-state index < -0.39 is 0 Å². The Morgan fingerprint density at radius 3 is 2.38 bits per heavy atom. The van der Waals surface area contributed by atoms with E-state index in [1.807, 2.05) is 30.3 Å². The van der Waals surface area contributed by atoms with E-state index in [0.717, 1.165) is 12.8 Å². The molecule has 5 heteroatoms. The number of hydrogen-bond donors (Lipinski definition) is 1. The van der Waals surface area contributed by atoms with E-state index in [-0.39, 0.29) is 23.9 Å². The van der Waals surface area contributed by atoms with Crippen molar-refractivity contribution in [2.24, 2.45) is 0 Å². The van der Waals surface area contributed by atoms with E-state index in [0.29, 0.717) is 17.2 Å². The Hall–Kier alpha value is -1.49. The number of nitrogens with zero attached hydrogens (tertiary/aromatic N) is 1. The number of rotatable bonds is 3. The van der Waals surface area contributed by atoms with Crippen molar-refractivity contribution < 1.29 is 9.59 Å². The van der Waals surface area contributed by atoms with E-state index in [2.05, 4.69) is 5.32 Å². The van der Waals surface area contributed by atoms with E-state index in [9.17, 15) is 9.59 Å². The van der Waals surface area contributed by atoms with Crippen LogP contribution >= 0.6 is 11.8 Å². The van der Waals surface area contributed by atoms with E-state index in [1.54, 1.807) is 16.7 Å². The summed E-state index contributed by atoms with van der Waals surface area (Å²) in [4.78, 5) is 27.1. The second kappa shape index (κ2) is 8.56. The van der Waals surface area contributed by atoms with Crippen molar-refractivity contribution in [1.82, 2.24) is 10.2 Å². The van der Waals surface area contributed by atoms with Gasteiger partial charge in [-0.2, -0.15) is 0 Å². The lowest BCUT2D eigenvalue weighted by Gasteiger charge is -2.27. The van der Waals surface area contributed by atoms with Crippen LogP contribution in [0.1, 0.15) is 55.3 Å². The summed E-state index contributed by atoms with van der Waals surface area (Å²) in [7, 11) is 0. The van der Waals surface area contributed by atoms with Gasteiger partial charge in [-0.25, -0.2) is 0 Å². The Labute approximate surface area is 148 Å². The van der Waals surface area contributed by atoms with Gasteiger partial charge in [-0.05, 0) is 25.0 Å². The molecule has 1 N–H and O–H groups in total. The lowest BCUT2D eigenvalue weighted by molar-refractivity contribution is -0.125. The van der Waals surface area contributed by atoms with Gasteiger partial charge >= 0.3 is 0 Å². The molecule has 3 rings (SSSR count). The summed E-state index contributed by atoms with van der Waals surface area (Å²) in [5.74, 6) is 1.27. The Morgan fingerprint density at radius 1 is 1.00 bits per heavy atom. The Bertz CT molecular complexity index is 556. The fraction of sp³-hybridized carbons (Fsp3) is 0.579. The number of benzene rings is 1. The summed E-state index contributed by atoms with van der Waals surface area (Å²) in [5.41, 5.74) is 0.656. The standard InChI is InChI=1S/C19H26N2O2S/c22-18(20-16-11-7-2-1-3-8-12-16)17-13-24-14-21(17)19(23)15-9-5-4-6-10-15/h4-6,9-10,16-17H,1-3,7-8,11-14H2,(H,20,22). The van der Waals surface area contributed by atoms with Crippen LogP contribution in [-0.4, -0.2) is 40.4 Å². The summed E-state index contributed by atoms with van der Waals surface area (Å²) in [6.45, 7) is 0. The topological polar surface area (TPSA) is 49.4 Å². The monoisotopic (exact) mass is 346 g/mol. The molecule has 24 heavy (non-hydrogen) atoms. The molecule has 2 aliphatic rings. The number of carbonyl (C=O) groups is 2. The number of nitrogens with one attached hydrogen (secondary N) is 1. The van der Waals surface area contributed by atoms with Crippen molar-refractivity contribution in [2.45, 2.75) is 57.0 Å². The minimum absolute atomic E-state index is 0.0230. The molecular formula is C19H26N2O2S. The molecular weight excluding hydrogens is 320 g/mol. The molecule has 1 heterocycles. The molecule has 2 amide bonds. The van der Waals surface area contributed by atoms with Gasteiger partial charge in [0.05, 0.1) is 5.88 Å². The molecule has 1 aromatic rings. The zero-order valence-corrected chi connectivity index (χ0v) is 14.9. The SMILES string of the molecule is O=C(NC1CCCCCCC1)C1CSCN1C(=O)c1ccccc1. The first kappa shape index (κ1) is 17.3. The highest BCUT2D eigenvalue weighted by Crippen LogP contribution is 2.24. The number of amides is 2. The van der Waals surface area contributed by atoms with Crippen molar-refractivity contribution in [3.63, 3.8) is 0 Å². The van der Waals surface area contributed by atoms with Crippen LogP contribution in [0.4, 0.5) is 0 Å². The molecule has 4 nitrogen and oxygen atoms in total. The van der Waals surface area contributed by atoms with Crippen molar-refractivity contribution in [3.8, 4) is 0 Å². The number of carbonyl (C=O) groups excluding carboxylic acids is 2. The predicted molar refractivity (Wildman–Crippen MR) is 98.0 cm³/mol. The molecule has 0 radical (unpaired) electrons. The van der Waals surface area contributed by atoms with Crippen molar-refractivity contribution >= 4 is 23.6 Å². The highest BCUT2D eigenvalue weighted by Gasteiger charge is 2.35. The normalized spacial score (nSPS) is 22.7. The molecule has 130 valence electrons. The minimum atomic E-state index is -0.340. The zero-order chi connectivity index (χ0) is 16.8. The van der Waals surface area contributed by atoms with Crippen LogP contribution < -0.4 is 5.32 Å². The smallest absolute Gasteiger partial charge is 0.255 e. The molecule has 1 atom stereocenters. The Balaban J connectivity index is 1.61. The van der Waals surface area contributed by atoms with Crippen LogP contribution in [-0.2, 0) is 4.79 Å². The third-order valence-electron chi connectivity index (χ3n) is 4.92. The summed E-state index contributed by atoms with van der Waals surface area (Å²) in [5, 5.41) is 3.22. The van der Waals surface area contributed by atoms with Gasteiger partial charge in [-0.3, -0.25) is 9.59 Å². The number of hydrogen-bond acceptors (Lipinski definition) is 3. The molecule has 0 spiro atoms. The largest absolute Gasteiger partial charge is 0.352 e. The third-order valence-corrected chi connectivity index (χ3v) is 5.93. The van der Waals surface area contributed by atoms with Gasteiger partial charge < -0.3 is 10.2 Å². The van der Waals surface area contributed by atoms with Gasteiger partial charge in [-0.1, -0.05) is 50.3 Å². The summed E-state index contributed by atoms with van der Waals surface area (Å²) < 4.78 is 0. The zero-order valence-electron chi connectivity index (χ0n) is 14.1. The van der Waals surface area contributed by atoms with Crippen LogP contribution in [0.5, 0.6) is 0 Å². The number of thioether (sulfide) groups is 1. The Kier molecular flexibility index (Phi) is 6.18. The first-order valence-electron chi connectivity index (χ1n) is 9.00. The molecule has 2 fully saturated rings.